The molecular formula is C17H16F2OS. The Morgan fingerprint density at radius 2 is 1.67 bits per heavy atom. The minimum absolute atomic E-state index is 0.250. The maximum Gasteiger partial charge on any atom is 0.182 e. The van der Waals surface area contributed by atoms with E-state index in [2.05, 4.69) is 6.92 Å². The summed E-state index contributed by atoms with van der Waals surface area (Å²) in [7, 11) is 0. The number of aryl methyl sites for hydroxylation is 1. The van der Waals surface area contributed by atoms with Gasteiger partial charge in [0, 0.05) is 10.8 Å². The molecule has 0 aliphatic rings. The molecule has 0 bridgehead atoms. The molecule has 0 spiro atoms. The molecule has 3 aromatic rings. The van der Waals surface area contributed by atoms with Crippen molar-refractivity contribution in [1.29, 1.82) is 0 Å². The van der Waals surface area contributed by atoms with E-state index in [1.807, 2.05) is 12.1 Å². The van der Waals surface area contributed by atoms with Crippen molar-refractivity contribution in [3.8, 4) is 5.75 Å². The van der Waals surface area contributed by atoms with Crippen LogP contribution < -0.4 is 4.74 Å². The fraction of sp³-hybridized carbons (Fsp3) is 0.294. The summed E-state index contributed by atoms with van der Waals surface area (Å²) in [6.07, 6.45) is 1.88. The Balaban J connectivity index is 2.15. The number of hydrogen-bond donors (Lipinski definition) is 0. The summed E-state index contributed by atoms with van der Waals surface area (Å²) in [6.45, 7) is 4.27. The zero-order valence-corrected chi connectivity index (χ0v) is 12.8. The van der Waals surface area contributed by atoms with Crippen LogP contribution in [0.4, 0.5) is 8.78 Å². The second kappa shape index (κ2) is 5.60. The average Bonchev–Trinajstić information content (AvgIpc) is 2.86. The van der Waals surface area contributed by atoms with E-state index in [1.54, 1.807) is 19.1 Å². The fourth-order valence-corrected chi connectivity index (χ4v) is 3.58. The lowest BCUT2D eigenvalue weighted by atomic mass is 10.1. The third-order valence-corrected chi connectivity index (χ3v) is 4.81. The molecule has 1 aromatic heterocycles. The van der Waals surface area contributed by atoms with E-state index in [9.17, 15) is 8.78 Å². The summed E-state index contributed by atoms with van der Waals surface area (Å²) in [5, 5.41) is 1.51. The Morgan fingerprint density at radius 1 is 1.00 bits per heavy atom. The van der Waals surface area contributed by atoms with E-state index in [0.717, 1.165) is 35.0 Å². The van der Waals surface area contributed by atoms with Gasteiger partial charge in [0.25, 0.3) is 0 Å². The molecule has 0 aliphatic carbocycles. The number of ether oxygens (including phenoxy) is 1. The number of hydrogen-bond acceptors (Lipinski definition) is 2. The molecule has 0 saturated carbocycles. The summed E-state index contributed by atoms with van der Waals surface area (Å²) >= 11 is 1.15. The number of rotatable bonds is 4. The molecule has 3 rings (SSSR count). The van der Waals surface area contributed by atoms with Gasteiger partial charge in [-0.05, 0) is 31.0 Å². The normalized spacial score (nSPS) is 11.4. The molecule has 110 valence electrons. The van der Waals surface area contributed by atoms with Crippen molar-refractivity contribution in [3.05, 3.63) is 41.5 Å². The Bertz CT molecular complexity index is 808. The van der Waals surface area contributed by atoms with E-state index in [1.165, 1.54) is 0 Å². The van der Waals surface area contributed by atoms with E-state index >= 15 is 0 Å². The molecular weight excluding hydrogens is 290 g/mol. The van der Waals surface area contributed by atoms with E-state index in [-0.39, 0.29) is 17.4 Å². The Kier molecular flexibility index (Phi) is 3.81. The molecule has 0 radical (unpaired) electrons. The van der Waals surface area contributed by atoms with Crippen LogP contribution in [0, 0.1) is 18.6 Å². The first-order valence-corrected chi connectivity index (χ1v) is 7.87. The summed E-state index contributed by atoms with van der Waals surface area (Å²) in [6, 6.07) is 7.03. The highest BCUT2D eigenvalue weighted by atomic mass is 32.1. The highest BCUT2D eigenvalue weighted by Gasteiger charge is 2.16. The minimum atomic E-state index is -0.387. The lowest BCUT2D eigenvalue weighted by Crippen LogP contribution is -1.98. The molecule has 1 nitrogen and oxygen atoms in total. The van der Waals surface area contributed by atoms with Gasteiger partial charge in [-0.1, -0.05) is 25.5 Å². The summed E-state index contributed by atoms with van der Waals surface area (Å²) in [5.74, 6) is -0.400. The molecule has 0 saturated heterocycles. The van der Waals surface area contributed by atoms with Crippen molar-refractivity contribution < 1.29 is 13.5 Å². The average molecular weight is 306 g/mol. The molecule has 4 heteroatoms. The van der Waals surface area contributed by atoms with Crippen molar-refractivity contribution in [1.82, 2.24) is 0 Å². The van der Waals surface area contributed by atoms with Gasteiger partial charge in [-0.3, -0.25) is 0 Å². The first-order chi connectivity index (χ1) is 10.1. The molecule has 0 atom stereocenters. The van der Waals surface area contributed by atoms with Crippen molar-refractivity contribution in [2.45, 2.75) is 26.7 Å². The van der Waals surface area contributed by atoms with Crippen molar-refractivity contribution in [3.63, 3.8) is 0 Å². The van der Waals surface area contributed by atoms with Crippen LogP contribution in [0.5, 0.6) is 5.75 Å². The van der Waals surface area contributed by atoms with E-state index in [0.29, 0.717) is 21.6 Å². The quantitative estimate of drug-likeness (QED) is 0.552. The van der Waals surface area contributed by atoms with Gasteiger partial charge >= 0.3 is 0 Å². The van der Waals surface area contributed by atoms with Crippen LogP contribution in [0.2, 0.25) is 0 Å². The number of thiophene rings is 1. The predicted octanol–water partition coefficient (Wildman–Crippen LogP) is 5.82. The van der Waals surface area contributed by atoms with Crippen LogP contribution in [0.1, 0.15) is 25.3 Å². The third kappa shape index (κ3) is 2.38. The van der Waals surface area contributed by atoms with E-state index in [4.69, 9.17) is 4.74 Å². The molecule has 21 heavy (non-hydrogen) atoms. The summed E-state index contributed by atoms with van der Waals surface area (Å²) in [5.41, 5.74) is 0.578. The van der Waals surface area contributed by atoms with Crippen LogP contribution >= 0.6 is 11.3 Å². The highest BCUT2D eigenvalue weighted by Crippen LogP contribution is 2.40. The fourth-order valence-electron chi connectivity index (χ4n) is 2.36. The number of unbranched alkanes of at least 4 members (excludes halogenated alkanes) is 1. The Labute approximate surface area is 126 Å². The van der Waals surface area contributed by atoms with Gasteiger partial charge in [0.2, 0.25) is 0 Å². The number of benzene rings is 2. The standard InChI is InChI=1S/C17H16F2OS/c1-3-4-9-20-13-8-7-12-11-6-5-10(2)14(18)16(11)21-17(12)15(13)19/h5-8H,3-4,9H2,1-2H3. The maximum absolute atomic E-state index is 14.5. The molecule has 0 unspecified atom stereocenters. The largest absolute Gasteiger partial charge is 0.490 e. The maximum atomic E-state index is 14.5. The number of halogens is 2. The molecule has 0 fully saturated rings. The second-order valence-corrected chi connectivity index (χ2v) is 6.15. The van der Waals surface area contributed by atoms with Crippen LogP contribution in [-0.2, 0) is 0 Å². The zero-order valence-electron chi connectivity index (χ0n) is 12.0. The molecule has 0 aliphatic heterocycles. The van der Waals surface area contributed by atoms with Gasteiger partial charge in [0.05, 0.1) is 16.0 Å². The van der Waals surface area contributed by atoms with Gasteiger partial charge in [0.1, 0.15) is 5.82 Å². The summed E-state index contributed by atoms with van der Waals surface area (Å²) < 4.78 is 35.1. The van der Waals surface area contributed by atoms with Crippen LogP contribution in [0.15, 0.2) is 24.3 Å². The van der Waals surface area contributed by atoms with Crippen molar-refractivity contribution in [2.24, 2.45) is 0 Å². The summed E-state index contributed by atoms with van der Waals surface area (Å²) in [4.78, 5) is 0. The van der Waals surface area contributed by atoms with Gasteiger partial charge in [-0.15, -0.1) is 11.3 Å². The van der Waals surface area contributed by atoms with Crippen LogP contribution in [0.3, 0.4) is 0 Å². The SMILES string of the molecule is CCCCOc1ccc2c(sc3c(F)c(C)ccc32)c1F. The van der Waals surface area contributed by atoms with Crippen LogP contribution in [-0.4, -0.2) is 6.61 Å². The number of fused-ring (bicyclic) bond motifs is 3. The van der Waals surface area contributed by atoms with Crippen LogP contribution in [0.25, 0.3) is 20.2 Å². The zero-order chi connectivity index (χ0) is 15.0. The molecule has 0 N–H and O–H groups in total. The first-order valence-electron chi connectivity index (χ1n) is 7.06. The minimum Gasteiger partial charge on any atom is -0.490 e. The van der Waals surface area contributed by atoms with Crippen molar-refractivity contribution >= 4 is 31.5 Å². The lowest BCUT2D eigenvalue weighted by Gasteiger charge is -2.06. The van der Waals surface area contributed by atoms with Gasteiger partial charge in [0.15, 0.2) is 11.6 Å². The highest BCUT2D eigenvalue weighted by molar-refractivity contribution is 7.25. The smallest absolute Gasteiger partial charge is 0.182 e. The molecule has 2 aromatic carbocycles. The third-order valence-electron chi connectivity index (χ3n) is 3.60. The van der Waals surface area contributed by atoms with Crippen molar-refractivity contribution in [2.75, 3.05) is 6.61 Å². The van der Waals surface area contributed by atoms with Gasteiger partial charge in [-0.25, -0.2) is 8.78 Å². The predicted molar refractivity (Wildman–Crippen MR) is 84.4 cm³/mol. The topological polar surface area (TPSA) is 9.23 Å². The lowest BCUT2D eigenvalue weighted by molar-refractivity contribution is 0.295. The Morgan fingerprint density at radius 3 is 2.38 bits per heavy atom. The van der Waals surface area contributed by atoms with Gasteiger partial charge < -0.3 is 4.74 Å². The van der Waals surface area contributed by atoms with E-state index < -0.39 is 0 Å². The first kappa shape index (κ1) is 14.3. The van der Waals surface area contributed by atoms with Gasteiger partial charge in [-0.2, -0.15) is 0 Å². The second-order valence-electron chi connectivity index (χ2n) is 5.13. The Hall–Kier alpha value is -1.68. The molecule has 1 heterocycles. The molecule has 0 amide bonds. The monoisotopic (exact) mass is 306 g/mol.